The zero-order valence-electron chi connectivity index (χ0n) is 7.29. The number of ether oxygens (including phenoxy) is 1. The van der Waals surface area contributed by atoms with E-state index < -0.39 is 0 Å². The SMILES string of the molecule is CCOC(=O)c1n[nH]c2c1CSC2. The van der Waals surface area contributed by atoms with Gasteiger partial charge in [-0.15, -0.1) is 0 Å². The van der Waals surface area contributed by atoms with Crippen LogP contribution in [0.15, 0.2) is 0 Å². The molecule has 0 unspecified atom stereocenters. The van der Waals surface area contributed by atoms with Crippen molar-refractivity contribution in [3.05, 3.63) is 17.0 Å². The molecule has 0 saturated carbocycles. The Morgan fingerprint density at radius 2 is 2.54 bits per heavy atom. The van der Waals surface area contributed by atoms with Gasteiger partial charge in [0, 0.05) is 17.1 Å². The van der Waals surface area contributed by atoms with Gasteiger partial charge in [0.2, 0.25) is 0 Å². The molecule has 0 aliphatic carbocycles. The van der Waals surface area contributed by atoms with E-state index >= 15 is 0 Å². The van der Waals surface area contributed by atoms with Gasteiger partial charge in [-0.05, 0) is 6.92 Å². The van der Waals surface area contributed by atoms with Gasteiger partial charge >= 0.3 is 5.97 Å². The highest BCUT2D eigenvalue weighted by molar-refractivity contribution is 7.98. The van der Waals surface area contributed by atoms with Crippen molar-refractivity contribution in [2.24, 2.45) is 0 Å². The predicted molar refractivity (Wildman–Crippen MR) is 49.5 cm³/mol. The van der Waals surface area contributed by atoms with Crippen LogP contribution >= 0.6 is 11.8 Å². The molecule has 0 spiro atoms. The summed E-state index contributed by atoms with van der Waals surface area (Å²) in [5.74, 6) is 1.46. The van der Waals surface area contributed by atoms with Crippen LogP contribution in [0.2, 0.25) is 0 Å². The highest BCUT2D eigenvalue weighted by atomic mass is 32.2. The molecule has 70 valence electrons. The molecule has 1 N–H and O–H groups in total. The lowest BCUT2D eigenvalue weighted by Crippen LogP contribution is -2.07. The number of hydrogen-bond donors (Lipinski definition) is 1. The number of hydrogen-bond acceptors (Lipinski definition) is 4. The van der Waals surface area contributed by atoms with Gasteiger partial charge in [-0.2, -0.15) is 16.9 Å². The molecule has 1 aliphatic rings. The zero-order valence-corrected chi connectivity index (χ0v) is 8.11. The quantitative estimate of drug-likeness (QED) is 0.728. The van der Waals surface area contributed by atoms with E-state index in [4.69, 9.17) is 4.74 Å². The van der Waals surface area contributed by atoms with Crippen molar-refractivity contribution in [3.8, 4) is 0 Å². The van der Waals surface area contributed by atoms with Crippen LogP contribution in [0, 0.1) is 0 Å². The Labute approximate surface area is 80.0 Å². The van der Waals surface area contributed by atoms with Gasteiger partial charge in [-0.1, -0.05) is 0 Å². The Bertz CT molecular complexity index is 335. The molecule has 0 saturated heterocycles. The number of nitrogens with zero attached hydrogens (tertiary/aromatic N) is 1. The standard InChI is InChI=1S/C8H10N2O2S/c1-2-12-8(11)7-5-3-13-4-6(5)9-10-7/h2-4H2,1H3,(H,9,10). The van der Waals surface area contributed by atoms with E-state index in [0.717, 1.165) is 22.8 Å². The smallest absolute Gasteiger partial charge is 0.359 e. The predicted octanol–water partition coefficient (Wildman–Crippen LogP) is 1.33. The fraction of sp³-hybridized carbons (Fsp3) is 0.500. The van der Waals surface area contributed by atoms with Crippen molar-refractivity contribution >= 4 is 17.7 Å². The van der Waals surface area contributed by atoms with Crippen molar-refractivity contribution in [1.82, 2.24) is 10.2 Å². The van der Waals surface area contributed by atoms with Gasteiger partial charge in [0.25, 0.3) is 0 Å². The summed E-state index contributed by atoms with van der Waals surface area (Å²) in [5, 5.41) is 6.80. The van der Waals surface area contributed by atoms with Gasteiger partial charge in [0.05, 0.1) is 12.3 Å². The normalized spacial score (nSPS) is 14.2. The molecule has 0 atom stereocenters. The first-order valence-corrected chi connectivity index (χ1v) is 5.29. The van der Waals surface area contributed by atoms with Crippen LogP contribution in [0.5, 0.6) is 0 Å². The average molecular weight is 198 g/mol. The second-order valence-electron chi connectivity index (χ2n) is 2.74. The van der Waals surface area contributed by atoms with E-state index in [-0.39, 0.29) is 5.97 Å². The minimum absolute atomic E-state index is 0.317. The lowest BCUT2D eigenvalue weighted by Gasteiger charge is -1.98. The molecular formula is C8H10N2O2S. The molecule has 0 aromatic carbocycles. The van der Waals surface area contributed by atoms with Gasteiger partial charge in [-0.3, -0.25) is 5.10 Å². The molecule has 0 amide bonds. The van der Waals surface area contributed by atoms with Gasteiger partial charge in [-0.25, -0.2) is 4.79 Å². The van der Waals surface area contributed by atoms with Crippen LogP contribution in [0.4, 0.5) is 0 Å². The molecule has 13 heavy (non-hydrogen) atoms. The first-order valence-electron chi connectivity index (χ1n) is 4.14. The monoisotopic (exact) mass is 198 g/mol. The largest absolute Gasteiger partial charge is 0.461 e. The van der Waals surface area contributed by atoms with Crippen molar-refractivity contribution in [3.63, 3.8) is 0 Å². The number of fused-ring (bicyclic) bond motifs is 1. The van der Waals surface area contributed by atoms with Crippen molar-refractivity contribution in [2.45, 2.75) is 18.4 Å². The maximum atomic E-state index is 11.4. The second-order valence-corrected chi connectivity index (χ2v) is 3.73. The summed E-state index contributed by atoms with van der Waals surface area (Å²) < 4.78 is 4.88. The summed E-state index contributed by atoms with van der Waals surface area (Å²) in [6, 6.07) is 0. The number of rotatable bonds is 2. The molecule has 4 nitrogen and oxygen atoms in total. The number of aromatic nitrogens is 2. The van der Waals surface area contributed by atoms with E-state index in [1.54, 1.807) is 18.7 Å². The fourth-order valence-electron chi connectivity index (χ4n) is 1.30. The third-order valence-electron chi connectivity index (χ3n) is 1.91. The fourth-order valence-corrected chi connectivity index (χ4v) is 2.36. The minimum Gasteiger partial charge on any atom is -0.461 e. The lowest BCUT2D eigenvalue weighted by atomic mass is 10.2. The highest BCUT2D eigenvalue weighted by Gasteiger charge is 2.23. The third kappa shape index (κ3) is 1.44. The van der Waals surface area contributed by atoms with Crippen LogP contribution in [0.25, 0.3) is 0 Å². The van der Waals surface area contributed by atoms with Gasteiger partial charge < -0.3 is 4.74 Å². The van der Waals surface area contributed by atoms with Crippen molar-refractivity contribution < 1.29 is 9.53 Å². The van der Waals surface area contributed by atoms with Crippen LogP contribution in [-0.4, -0.2) is 22.8 Å². The molecule has 5 heteroatoms. The van der Waals surface area contributed by atoms with E-state index in [9.17, 15) is 4.79 Å². The van der Waals surface area contributed by atoms with Crippen LogP contribution in [0.3, 0.4) is 0 Å². The molecule has 0 radical (unpaired) electrons. The number of esters is 1. The number of carbonyl (C=O) groups excluding carboxylic acids is 1. The Balaban J connectivity index is 2.26. The molecule has 2 heterocycles. The average Bonchev–Trinajstić information content (AvgIpc) is 2.62. The Kier molecular flexibility index (Phi) is 2.26. The molecule has 1 aromatic heterocycles. The molecule has 0 fully saturated rings. The lowest BCUT2D eigenvalue weighted by molar-refractivity contribution is 0.0518. The summed E-state index contributed by atoms with van der Waals surface area (Å²) in [6.45, 7) is 2.19. The second kappa shape index (κ2) is 3.41. The van der Waals surface area contributed by atoms with E-state index in [1.165, 1.54) is 0 Å². The van der Waals surface area contributed by atoms with Crippen LogP contribution < -0.4 is 0 Å². The third-order valence-corrected chi connectivity index (χ3v) is 2.90. The molecule has 1 aromatic rings. The molecule has 2 rings (SSSR count). The maximum absolute atomic E-state index is 11.4. The van der Waals surface area contributed by atoms with Crippen molar-refractivity contribution in [1.29, 1.82) is 0 Å². The minimum atomic E-state index is -0.317. The molecule has 1 aliphatic heterocycles. The van der Waals surface area contributed by atoms with Crippen LogP contribution in [0.1, 0.15) is 28.7 Å². The summed E-state index contributed by atoms with van der Waals surface area (Å²) in [6.07, 6.45) is 0. The number of aromatic amines is 1. The van der Waals surface area contributed by atoms with E-state index in [2.05, 4.69) is 10.2 Å². The Hall–Kier alpha value is -0.970. The highest BCUT2D eigenvalue weighted by Crippen LogP contribution is 2.30. The topological polar surface area (TPSA) is 55.0 Å². The number of thioether (sulfide) groups is 1. The Morgan fingerprint density at radius 1 is 1.69 bits per heavy atom. The number of H-pyrrole nitrogens is 1. The molecular weight excluding hydrogens is 188 g/mol. The van der Waals surface area contributed by atoms with Gasteiger partial charge in [0.15, 0.2) is 5.69 Å². The zero-order chi connectivity index (χ0) is 9.26. The van der Waals surface area contributed by atoms with Crippen molar-refractivity contribution in [2.75, 3.05) is 6.61 Å². The molecule has 0 bridgehead atoms. The van der Waals surface area contributed by atoms with E-state index in [1.807, 2.05) is 0 Å². The Morgan fingerprint density at radius 3 is 3.31 bits per heavy atom. The van der Waals surface area contributed by atoms with Crippen LogP contribution in [-0.2, 0) is 16.2 Å². The first-order chi connectivity index (χ1) is 6.33. The van der Waals surface area contributed by atoms with E-state index in [0.29, 0.717) is 12.3 Å². The summed E-state index contributed by atoms with van der Waals surface area (Å²) in [7, 11) is 0. The maximum Gasteiger partial charge on any atom is 0.359 e. The summed E-state index contributed by atoms with van der Waals surface area (Å²) >= 11 is 1.78. The summed E-state index contributed by atoms with van der Waals surface area (Å²) in [5.41, 5.74) is 2.54. The summed E-state index contributed by atoms with van der Waals surface area (Å²) in [4.78, 5) is 11.4. The number of nitrogens with one attached hydrogen (secondary N) is 1. The first kappa shape index (κ1) is 8.62. The number of carbonyl (C=O) groups is 1. The van der Waals surface area contributed by atoms with Gasteiger partial charge in [0.1, 0.15) is 0 Å².